The molecule has 21 heavy (non-hydrogen) atoms. The number of hydrogen-bond donors (Lipinski definition) is 2. The first-order valence-electron chi connectivity index (χ1n) is 7.65. The molecule has 1 aliphatic carbocycles. The van der Waals surface area contributed by atoms with E-state index in [1.165, 1.54) is 0 Å². The highest BCUT2D eigenvalue weighted by Gasteiger charge is 2.26. The third kappa shape index (κ3) is 4.05. The molecule has 120 valence electrons. The number of imidazole rings is 1. The first-order chi connectivity index (χ1) is 9.94. The summed E-state index contributed by atoms with van der Waals surface area (Å²) in [4.78, 5) is 4.13. The first kappa shape index (κ1) is 16.5. The molecule has 1 heterocycles. The minimum Gasteiger partial charge on any atom is -0.393 e. The molecule has 2 N–H and O–H groups in total. The number of aromatic nitrogens is 2. The standard InChI is InChI=1S/C14H25N3O3S/c1-3-8-17-10-14(16-11(17)2)21(19,20)15-9-12-6-4-5-7-13(12)18/h10,12-13,15,18H,3-9H2,1-2H3. The molecule has 6 nitrogen and oxygen atoms in total. The molecule has 0 amide bonds. The molecule has 1 fully saturated rings. The normalized spacial score (nSPS) is 23.4. The topological polar surface area (TPSA) is 84.2 Å². The fourth-order valence-electron chi connectivity index (χ4n) is 2.79. The summed E-state index contributed by atoms with van der Waals surface area (Å²) in [5, 5.41) is 9.97. The summed E-state index contributed by atoms with van der Waals surface area (Å²) in [6, 6.07) is 0. The Balaban J connectivity index is 2.02. The van der Waals surface area contributed by atoms with Gasteiger partial charge in [0.15, 0.2) is 5.03 Å². The maximum atomic E-state index is 12.3. The van der Waals surface area contributed by atoms with Gasteiger partial charge in [0.25, 0.3) is 10.0 Å². The van der Waals surface area contributed by atoms with Gasteiger partial charge in [-0.1, -0.05) is 19.8 Å². The molecule has 2 unspecified atom stereocenters. The number of nitrogens with zero attached hydrogens (tertiary/aromatic N) is 2. The van der Waals surface area contributed by atoms with Crippen LogP contribution in [0.2, 0.25) is 0 Å². The molecule has 0 aliphatic heterocycles. The monoisotopic (exact) mass is 315 g/mol. The van der Waals surface area contributed by atoms with Gasteiger partial charge in [0.2, 0.25) is 0 Å². The van der Waals surface area contributed by atoms with Gasteiger partial charge in [-0.3, -0.25) is 0 Å². The Morgan fingerprint density at radius 1 is 1.43 bits per heavy atom. The van der Waals surface area contributed by atoms with Crippen molar-refractivity contribution in [3.63, 3.8) is 0 Å². The molecular weight excluding hydrogens is 290 g/mol. The van der Waals surface area contributed by atoms with E-state index in [4.69, 9.17) is 0 Å². The molecule has 7 heteroatoms. The van der Waals surface area contributed by atoms with E-state index in [1.54, 1.807) is 13.1 Å². The molecule has 0 saturated heterocycles. The van der Waals surface area contributed by atoms with Crippen molar-refractivity contribution in [1.29, 1.82) is 0 Å². The summed E-state index contributed by atoms with van der Waals surface area (Å²) in [5.41, 5.74) is 0. The van der Waals surface area contributed by atoms with Gasteiger partial charge in [-0.05, 0) is 32.1 Å². The number of aliphatic hydroxyl groups is 1. The zero-order valence-corrected chi connectivity index (χ0v) is 13.6. The summed E-state index contributed by atoms with van der Waals surface area (Å²) in [6.45, 7) is 4.88. The van der Waals surface area contributed by atoms with E-state index in [2.05, 4.69) is 9.71 Å². The third-order valence-electron chi connectivity index (χ3n) is 4.10. The maximum Gasteiger partial charge on any atom is 0.259 e. The van der Waals surface area contributed by atoms with E-state index in [0.29, 0.717) is 5.82 Å². The Morgan fingerprint density at radius 3 is 2.81 bits per heavy atom. The smallest absolute Gasteiger partial charge is 0.259 e. The van der Waals surface area contributed by atoms with Crippen LogP contribution in [0.4, 0.5) is 0 Å². The van der Waals surface area contributed by atoms with Crippen molar-refractivity contribution >= 4 is 10.0 Å². The van der Waals surface area contributed by atoms with E-state index in [-0.39, 0.29) is 17.5 Å². The van der Waals surface area contributed by atoms with Crippen LogP contribution in [0.25, 0.3) is 0 Å². The van der Waals surface area contributed by atoms with Gasteiger partial charge in [0.05, 0.1) is 6.10 Å². The molecule has 0 aromatic carbocycles. The van der Waals surface area contributed by atoms with Crippen molar-refractivity contribution in [2.45, 2.75) is 63.6 Å². The van der Waals surface area contributed by atoms with Crippen LogP contribution in [0.3, 0.4) is 0 Å². The van der Waals surface area contributed by atoms with Gasteiger partial charge in [0, 0.05) is 19.3 Å². The van der Waals surface area contributed by atoms with Crippen molar-refractivity contribution in [2.24, 2.45) is 5.92 Å². The van der Waals surface area contributed by atoms with Crippen LogP contribution in [0, 0.1) is 12.8 Å². The van der Waals surface area contributed by atoms with Crippen LogP contribution in [0.15, 0.2) is 11.2 Å². The molecule has 1 saturated carbocycles. The molecular formula is C14H25N3O3S. The Bertz CT molecular complexity index is 568. The van der Waals surface area contributed by atoms with Crippen molar-refractivity contribution in [3.05, 3.63) is 12.0 Å². The minimum absolute atomic E-state index is 0.00681. The number of sulfonamides is 1. The minimum atomic E-state index is -3.60. The van der Waals surface area contributed by atoms with E-state index in [0.717, 1.165) is 38.6 Å². The Labute approximate surface area is 126 Å². The number of aryl methyl sites for hydroxylation is 2. The van der Waals surface area contributed by atoms with Gasteiger partial charge in [-0.2, -0.15) is 0 Å². The van der Waals surface area contributed by atoms with E-state index in [9.17, 15) is 13.5 Å². The summed E-state index contributed by atoms with van der Waals surface area (Å²) < 4.78 is 29.0. The van der Waals surface area contributed by atoms with Crippen LogP contribution in [0.1, 0.15) is 44.9 Å². The highest BCUT2D eigenvalue weighted by atomic mass is 32.2. The Hall–Kier alpha value is -0.920. The average molecular weight is 315 g/mol. The van der Waals surface area contributed by atoms with E-state index in [1.807, 2.05) is 11.5 Å². The number of aliphatic hydroxyl groups excluding tert-OH is 1. The first-order valence-corrected chi connectivity index (χ1v) is 9.14. The van der Waals surface area contributed by atoms with Crippen molar-refractivity contribution in [3.8, 4) is 0 Å². The van der Waals surface area contributed by atoms with Gasteiger partial charge in [-0.25, -0.2) is 18.1 Å². The predicted molar refractivity (Wildman–Crippen MR) is 80.4 cm³/mol. The van der Waals surface area contributed by atoms with Gasteiger partial charge in [-0.15, -0.1) is 0 Å². The second-order valence-corrected chi connectivity index (χ2v) is 7.50. The van der Waals surface area contributed by atoms with Gasteiger partial charge >= 0.3 is 0 Å². The maximum absolute atomic E-state index is 12.3. The summed E-state index contributed by atoms with van der Waals surface area (Å²) >= 11 is 0. The summed E-state index contributed by atoms with van der Waals surface area (Å²) in [7, 11) is -3.60. The number of nitrogens with one attached hydrogen (secondary N) is 1. The van der Waals surface area contributed by atoms with Crippen LogP contribution < -0.4 is 4.72 Å². The van der Waals surface area contributed by atoms with Crippen LogP contribution in [0.5, 0.6) is 0 Å². The molecule has 1 aliphatic rings. The quantitative estimate of drug-likeness (QED) is 0.832. The second kappa shape index (κ2) is 6.89. The predicted octanol–water partition coefficient (Wildman–Crippen LogP) is 1.43. The molecule has 0 radical (unpaired) electrons. The lowest BCUT2D eigenvalue weighted by molar-refractivity contribution is 0.0724. The number of rotatable bonds is 6. The zero-order chi connectivity index (χ0) is 15.5. The SMILES string of the molecule is CCCn1cc(S(=O)(=O)NCC2CCCCC2O)nc1C. The molecule has 1 aromatic rings. The average Bonchev–Trinajstić information content (AvgIpc) is 2.81. The Morgan fingerprint density at radius 2 is 2.14 bits per heavy atom. The second-order valence-electron chi connectivity index (χ2n) is 5.78. The fraction of sp³-hybridized carbons (Fsp3) is 0.786. The van der Waals surface area contributed by atoms with Crippen LogP contribution >= 0.6 is 0 Å². The van der Waals surface area contributed by atoms with Crippen molar-refractivity contribution in [2.75, 3.05) is 6.54 Å². The zero-order valence-electron chi connectivity index (χ0n) is 12.7. The fourth-order valence-corrected chi connectivity index (χ4v) is 3.89. The number of hydrogen-bond acceptors (Lipinski definition) is 4. The molecule has 1 aromatic heterocycles. The van der Waals surface area contributed by atoms with Crippen LogP contribution in [-0.4, -0.2) is 35.7 Å². The van der Waals surface area contributed by atoms with E-state index >= 15 is 0 Å². The molecule has 0 bridgehead atoms. The van der Waals surface area contributed by atoms with Gasteiger partial charge < -0.3 is 9.67 Å². The molecule has 2 atom stereocenters. The highest BCUT2D eigenvalue weighted by Crippen LogP contribution is 2.24. The van der Waals surface area contributed by atoms with Crippen LogP contribution in [-0.2, 0) is 16.6 Å². The molecule has 0 spiro atoms. The largest absolute Gasteiger partial charge is 0.393 e. The van der Waals surface area contributed by atoms with Crippen molar-refractivity contribution in [1.82, 2.24) is 14.3 Å². The lowest BCUT2D eigenvalue weighted by Crippen LogP contribution is -2.36. The highest BCUT2D eigenvalue weighted by molar-refractivity contribution is 7.89. The van der Waals surface area contributed by atoms with Gasteiger partial charge in [0.1, 0.15) is 5.82 Å². The lowest BCUT2D eigenvalue weighted by atomic mass is 9.87. The lowest BCUT2D eigenvalue weighted by Gasteiger charge is -2.27. The van der Waals surface area contributed by atoms with Crippen molar-refractivity contribution < 1.29 is 13.5 Å². The summed E-state index contributed by atoms with van der Waals surface area (Å²) in [5.74, 6) is 0.710. The van der Waals surface area contributed by atoms with E-state index < -0.39 is 16.1 Å². The summed E-state index contributed by atoms with van der Waals surface area (Å²) in [6.07, 6.45) is 5.81. The third-order valence-corrected chi connectivity index (χ3v) is 5.39. The Kier molecular flexibility index (Phi) is 5.40. The molecule has 2 rings (SSSR count).